The first-order chi connectivity index (χ1) is 14.2. The second-order valence-electron chi connectivity index (χ2n) is 9.16. The minimum Gasteiger partial charge on any atom is -0.494 e. The van der Waals surface area contributed by atoms with Crippen LogP contribution in [0.25, 0.3) is 0 Å². The molecule has 1 amide bonds. The van der Waals surface area contributed by atoms with Gasteiger partial charge in [0.05, 0.1) is 23.4 Å². The monoisotopic (exact) mass is 413 g/mol. The number of amides is 1. The van der Waals surface area contributed by atoms with Gasteiger partial charge in [-0.2, -0.15) is 5.10 Å². The van der Waals surface area contributed by atoms with Crippen molar-refractivity contribution >= 4 is 5.91 Å². The molecular formula is C24H35N3O3. The Hall–Kier alpha value is -2.34. The fraction of sp³-hybridized carbons (Fsp3) is 0.583. The van der Waals surface area contributed by atoms with E-state index in [9.17, 15) is 4.79 Å². The van der Waals surface area contributed by atoms with Gasteiger partial charge in [-0.1, -0.05) is 12.1 Å². The molecule has 2 heterocycles. The van der Waals surface area contributed by atoms with Crippen molar-refractivity contribution in [2.24, 2.45) is 0 Å². The number of hydrogen-bond acceptors (Lipinski definition) is 4. The van der Waals surface area contributed by atoms with Crippen LogP contribution in [0.15, 0.2) is 24.3 Å². The average Bonchev–Trinajstić information content (AvgIpc) is 3.02. The van der Waals surface area contributed by atoms with E-state index in [1.165, 1.54) is 5.56 Å². The van der Waals surface area contributed by atoms with Gasteiger partial charge >= 0.3 is 0 Å². The van der Waals surface area contributed by atoms with Crippen LogP contribution in [-0.4, -0.2) is 42.1 Å². The second-order valence-corrected chi connectivity index (χ2v) is 9.16. The zero-order chi connectivity index (χ0) is 21.9. The minimum atomic E-state index is -0.169. The van der Waals surface area contributed by atoms with Gasteiger partial charge in [0.1, 0.15) is 5.75 Å². The van der Waals surface area contributed by atoms with Gasteiger partial charge in [0.15, 0.2) is 0 Å². The van der Waals surface area contributed by atoms with Gasteiger partial charge < -0.3 is 14.8 Å². The summed E-state index contributed by atoms with van der Waals surface area (Å²) in [6, 6.07) is 8.27. The number of ether oxygens (including phenoxy) is 2. The first-order valence-electron chi connectivity index (χ1n) is 10.8. The van der Waals surface area contributed by atoms with Crippen LogP contribution in [0.5, 0.6) is 5.75 Å². The van der Waals surface area contributed by atoms with E-state index in [0.29, 0.717) is 31.9 Å². The summed E-state index contributed by atoms with van der Waals surface area (Å²) in [6.07, 6.45) is 1.75. The van der Waals surface area contributed by atoms with Crippen molar-refractivity contribution in [2.75, 3.05) is 26.4 Å². The Bertz CT molecular complexity index is 872. The minimum absolute atomic E-state index is 0.0581. The highest BCUT2D eigenvalue weighted by atomic mass is 16.5. The highest BCUT2D eigenvalue weighted by Crippen LogP contribution is 2.35. The lowest BCUT2D eigenvalue weighted by molar-refractivity contribution is 0.0487. The lowest BCUT2D eigenvalue weighted by Gasteiger charge is -2.38. The van der Waals surface area contributed by atoms with Gasteiger partial charge in [0.2, 0.25) is 0 Å². The second kappa shape index (κ2) is 8.80. The fourth-order valence-corrected chi connectivity index (χ4v) is 4.36. The Kier molecular flexibility index (Phi) is 6.56. The number of rotatable bonds is 6. The molecule has 2 aromatic rings. The van der Waals surface area contributed by atoms with E-state index in [1.807, 2.05) is 37.6 Å². The number of benzene rings is 1. The first-order valence-corrected chi connectivity index (χ1v) is 10.8. The molecule has 3 rings (SSSR count). The number of nitrogens with zero attached hydrogens (tertiary/aromatic N) is 2. The molecule has 0 saturated carbocycles. The maximum Gasteiger partial charge on any atom is 0.255 e. The van der Waals surface area contributed by atoms with Crippen LogP contribution in [0.4, 0.5) is 0 Å². The predicted octanol–water partition coefficient (Wildman–Crippen LogP) is 4.13. The molecule has 6 nitrogen and oxygen atoms in total. The first kappa shape index (κ1) is 22.3. The molecule has 6 heteroatoms. The van der Waals surface area contributed by atoms with Crippen molar-refractivity contribution in [2.45, 2.75) is 65.3 Å². The third kappa shape index (κ3) is 4.53. The highest BCUT2D eigenvalue weighted by Gasteiger charge is 2.35. The fourth-order valence-electron chi connectivity index (χ4n) is 4.36. The number of carbonyl (C=O) groups is 1. The number of carbonyl (C=O) groups excluding carboxylic acids is 1. The van der Waals surface area contributed by atoms with Crippen LogP contribution in [0, 0.1) is 13.8 Å². The molecule has 0 radical (unpaired) electrons. The van der Waals surface area contributed by atoms with Crippen molar-refractivity contribution in [3.05, 3.63) is 46.8 Å². The quantitative estimate of drug-likeness (QED) is 0.773. The summed E-state index contributed by atoms with van der Waals surface area (Å²) in [7, 11) is 0. The third-order valence-electron chi connectivity index (χ3n) is 5.97. The number of nitrogens with one attached hydrogen (secondary N) is 1. The molecule has 0 aliphatic carbocycles. The summed E-state index contributed by atoms with van der Waals surface area (Å²) in [5.41, 5.74) is 3.26. The third-order valence-corrected chi connectivity index (χ3v) is 5.97. The van der Waals surface area contributed by atoms with E-state index in [4.69, 9.17) is 9.47 Å². The molecule has 164 valence electrons. The van der Waals surface area contributed by atoms with Gasteiger partial charge in [0.25, 0.3) is 5.91 Å². The Morgan fingerprint density at radius 2 is 1.83 bits per heavy atom. The van der Waals surface area contributed by atoms with Gasteiger partial charge in [0, 0.05) is 30.9 Å². The molecule has 1 aromatic carbocycles. The lowest BCUT2D eigenvalue weighted by Crippen LogP contribution is -2.44. The topological polar surface area (TPSA) is 65.4 Å². The predicted molar refractivity (Wildman–Crippen MR) is 118 cm³/mol. The van der Waals surface area contributed by atoms with Crippen LogP contribution in [0.1, 0.15) is 67.8 Å². The SMILES string of the molecule is CCOc1ccc(C2(CNC(=O)c3c(C)nn(C(C)(C)C)c3C)CCOCC2)cc1. The van der Waals surface area contributed by atoms with E-state index < -0.39 is 0 Å². The zero-order valence-electron chi connectivity index (χ0n) is 19.2. The molecule has 1 fully saturated rings. The molecule has 30 heavy (non-hydrogen) atoms. The summed E-state index contributed by atoms with van der Waals surface area (Å²) in [4.78, 5) is 13.2. The molecule has 1 aliphatic heterocycles. The number of aromatic nitrogens is 2. The highest BCUT2D eigenvalue weighted by molar-refractivity contribution is 5.96. The van der Waals surface area contributed by atoms with Crippen LogP contribution in [-0.2, 0) is 15.7 Å². The summed E-state index contributed by atoms with van der Waals surface area (Å²) in [5.74, 6) is 0.811. The van der Waals surface area contributed by atoms with E-state index >= 15 is 0 Å². The molecular weight excluding hydrogens is 378 g/mol. The van der Waals surface area contributed by atoms with Crippen LogP contribution in [0.3, 0.4) is 0 Å². The van der Waals surface area contributed by atoms with E-state index in [2.05, 4.69) is 43.3 Å². The van der Waals surface area contributed by atoms with Gasteiger partial charge in [-0.05, 0) is 72.1 Å². The van der Waals surface area contributed by atoms with Gasteiger partial charge in [-0.3, -0.25) is 9.48 Å². The van der Waals surface area contributed by atoms with Crippen molar-refractivity contribution in [1.82, 2.24) is 15.1 Å². The molecule has 1 saturated heterocycles. The number of hydrogen-bond donors (Lipinski definition) is 1. The normalized spacial score (nSPS) is 16.3. The van der Waals surface area contributed by atoms with E-state index in [1.54, 1.807) is 0 Å². The Balaban J connectivity index is 1.82. The molecule has 0 spiro atoms. The van der Waals surface area contributed by atoms with Crippen LogP contribution < -0.4 is 10.1 Å². The summed E-state index contributed by atoms with van der Waals surface area (Å²) >= 11 is 0. The smallest absolute Gasteiger partial charge is 0.255 e. The molecule has 1 N–H and O–H groups in total. The van der Waals surface area contributed by atoms with Crippen molar-refractivity contribution < 1.29 is 14.3 Å². The molecule has 0 atom stereocenters. The van der Waals surface area contributed by atoms with Gasteiger partial charge in [-0.15, -0.1) is 0 Å². The molecule has 1 aromatic heterocycles. The number of aryl methyl sites for hydroxylation is 1. The van der Waals surface area contributed by atoms with Crippen LogP contribution >= 0.6 is 0 Å². The summed E-state index contributed by atoms with van der Waals surface area (Å²) in [5, 5.41) is 7.84. The largest absolute Gasteiger partial charge is 0.494 e. The molecule has 1 aliphatic rings. The maximum absolute atomic E-state index is 13.2. The summed E-state index contributed by atoms with van der Waals surface area (Å²) < 4.78 is 13.2. The summed E-state index contributed by atoms with van der Waals surface area (Å²) in [6.45, 7) is 14.8. The maximum atomic E-state index is 13.2. The zero-order valence-corrected chi connectivity index (χ0v) is 19.2. The Morgan fingerprint density at radius 3 is 2.37 bits per heavy atom. The standard InChI is InChI=1S/C24H35N3O3/c1-7-30-20-10-8-19(9-11-20)24(12-14-29-15-13-24)16-25-22(28)21-17(2)26-27(18(21)3)23(4,5)6/h8-11H,7,12-16H2,1-6H3,(H,25,28). The molecule has 0 unspecified atom stereocenters. The van der Waals surface area contributed by atoms with E-state index in [-0.39, 0.29) is 16.9 Å². The van der Waals surface area contributed by atoms with Crippen molar-refractivity contribution in [3.8, 4) is 5.75 Å². The van der Waals surface area contributed by atoms with Gasteiger partial charge in [-0.25, -0.2) is 0 Å². The van der Waals surface area contributed by atoms with Crippen molar-refractivity contribution in [3.63, 3.8) is 0 Å². The van der Waals surface area contributed by atoms with Crippen LogP contribution in [0.2, 0.25) is 0 Å². The Labute approximate surface area is 180 Å². The Morgan fingerprint density at radius 1 is 1.20 bits per heavy atom. The van der Waals surface area contributed by atoms with Crippen molar-refractivity contribution in [1.29, 1.82) is 0 Å². The molecule has 0 bridgehead atoms. The lowest BCUT2D eigenvalue weighted by atomic mass is 9.74. The van der Waals surface area contributed by atoms with E-state index in [0.717, 1.165) is 30.0 Å². The average molecular weight is 414 g/mol.